The maximum Gasteiger partial charge on any atom is 0.337 e. The molecule has 2 rings (SSSR count). The van der Waals surface area contributed by atoms with Crippen molar-refractivity contribution in [1.29, 1.82) is 0 Å². The first-order valence-corrected chi connectivity index (χ1v) is 8.83. The van der Waals surface area contributed by atoms with Crippen molar-refractivity contribution in [3.05, 3.63) is 64.6 Å². The van der Waals surface area contributed by atoms with Gasteiger partial charge < -0.3 is 9.15 Å². The summed E-state index contributed by atoms with van der Waals surface area (Å²) in [5.41, 5.74) is 2.50. The third-order valence-electron chi connectivity index (χ3n) is 4.14. The summed E-state index contributed by atoms with van der Waals surface area (Å²) in [4.78, 5) is 23.6. The van der Waals surface area contributed by atoms with Crippen LogP contribution in [0.3, 0.4) is 0 Å². The highest BCUT2D eigenvalue weighted by atomic mass is 16.5. The first kappa shape index (κ1) is 19.7. The Hall–Kier alpha value is -2.62. The molecule has 0 radical (unpaired) electrons. The highest BCUT2D eigenvalue weighted by Crippen LogP contribution is 2.30. The lowest BCUT2D eigenvalue weighted by Crippen LogP contribution is -2.02. The quantitative estimate of drug-likeness (QED) is 0.510. The van der Waals surface area contributed by atoms with Gasteiger partial charge in [0, 0.05) is 12.3 Å². The number of furan rings is 1. The van der Waals surface area contributed by atoms with E-state index in [0.29, 0.717) is 23.2 Å². The van der Waals surface area contributed by atoms with Crippen molar-refractivity contribution in [1.82, 2.24) is 0 Å². The van der Waals surface area contributed by atoms with E-state index < -0.39 is 0 Å². The second-order valence-electron chi connectivity index (χ2n) is 6.94. The minimum Gasteiger partial charge on any atom is -0.465 e. The van der Waals surface area contributed by atoms with Gasteiger partial charge in [0.15, 0.2) is 5.78 Å². The van der Waals surface area contributed by atoms with Gasteiger partial charge in [-0.05, 0) is 47.4 Å². The van der Waals surface area contributed by atoms with E-state index >= 15 is 0 Å². The Morgan fingerprint density at radius 3 is 2.23 bits per heavy atom. The summed E-state index contributed by atoms with van der Waals surface area (Å²) in [7, 11) is 1.34. The van der Waals surface area contributed by atoms with Crippen LogP contribution >= 0.6 is 0 Å². The second kappa shape index (κ2) is 8.65. The molecule has 1 aromatic heterocycles. The third kappa shape index (κ3) is 4.94. The monoisotopic (exact) mass is 354 g/mol. The van der Waals surface area contributed by atoms with Gasteiger partial charge in [0.05, 0.1) is 12.7 Å². The number of allylic oxidation sites excluding steroid dienone is 1. The molecule has 1 heterocycles. The smallest absolute Gasteiger partial charge is 0.337 e. The molecule has 26 heavy (non-hydrogen) atoms. The lowest BCUT2D eigenvalue weighted by molar-refractivity contribution is -0.113. The Morgan fingerprint density at radius 1 is 1.08 bits per heavy atom. The zero-order valence-electron chi connectivity index (χ0n) is 16.0. The van der Waals surface area contributed by atoms with E-state index in [1.54, 1.807) is 36.4 Å². The van der Waals surface area contributed by atoms with Gasteiger partial charge >= 0.3 is 5.97 Å². The van der Waals surface area contributed by atoms with Crippen LogP contribution in [0.15, 0.2) is 40.8 Å². The van der Waals surface area contributed by atoms with E-state index in [4.69, 9.17) is 4.42 Å². The largest absolute Gasteiger partial charge is 0.465 e. The van der Waals surface area contributed by atoms with E-state index in [1.807, 2.05) is 6.07 Å². The Labute approximate surface area is 154 Å². The van der Waals surface area contributed by atoms with Gasteiger partial charge in [0.1, 0.15) is 11.5 Å². The van der Waals surface area contributed by atoms with E-state index in [0.717, 1.165) is 11.3 Å². The summed E-state index contributed by atoms with van der Waals surface area (Å²) in [6.45, 7) is 8.46. The minimum absolute atomic E-state index is 0.0237. The molecule has 2 aromatic rings. The predicted molar refractivity (Wildman–Crippen MR) is 102 cm³/mol. The Balaban J connectivity index is 2.05. The molecular formula is C22H26O4. The zero-order chi connectivity index (χ0) is 19.3. The average Bonchev–Trinajstić information content (AvgIpc) is 3.05. The second-order valence-corrected chi connectivity index (χ2v) is 6.94. The first-order chi connectivity index (χ1) is 12.3. The molecule has 0 unspecified atom stereocenters. The molecule has 0 bridgehead atoms. The van der Waals surface area contributed by atoms with Gasteiger partial charge in [-0.2, -0.15) is 0 Å². The predicted octanol–water partition coefficient (Wildman–Crippen LogP) is 5.14. The summed E-state index contributed by atoms with van der Waals surface area (Å²) < 4.78 is 10.6. The van der Waals surface area contributed by atoms with Crippen LogP contribution in [0.4, 0.5) is 0 Å². The van der Waals surface area contributed by atoms with Crippen molar-refractivity contribution in [2.75, 3.05) is 7.11 Å². The van der Waals surface area contributed by atoms with E-state index in [1.165, 1.54) is 12.7 Å². The Bertz CT molecular complexity index is 767. The highest BCUT2D eigenvalue weighted by molar-refractivity contribution is 5.95. The molecule has 0 aliphatic rings. The lowest BCUT2D eigenvalue weighted by atomic mass is 9.98. The molecule has 0 saturated carbocycles. The third-order valence-corrected chi connectivity index (χ3v) is 4.14. The molecule has 0 atom stereocenters. The fourth-order valence-corrected chi connectivity index (χ4v) is 2.74. The van der Waals surface area contributed by atoms with Crippen molar-refractivity contribution in [2.24, 2.45) is 0 Å². The number of hydrogen-bond acceptors (Lipinski definition) is 4. The van der Waals surface area contributed by atoms with Crippen LogP contribution in [0.25, 0.3) is 6.08 Å². The van der Waals surface area contributed by atoms with Crippen molar-refractivity contribution in [2.45, 2.75) is 46.0 Å². The van der Waals surface area contributed by atoms with Crippen LogP contribution in [-0.2, 0) is 16.0 Å². The SMILES string of the molecule is COC(=O)c1ccc(CC(=O)/C=C/c2cc(C(C)C)c(C(C)C)o2)cc1. The molecule has 0 saturated heterocycles. The molecule has 138 valence electrons. The lowest BCUT2D eigenvalue weighted by Gasteiger charge is -2.07. The summed E-state index contributed by atoms with van der Waals surface area (Å²) in [5.74, 6) is 1.95. The zero-order valence-corrected chi connectivity index (χ0v) is 16.0. The fourth-order valence-electron chi connectivity index (χ4n) is 2.74. The van der Waals surface area contributed by atoms with E-state index in [9.17, 15) is 9.59 Å². The van der Waals surface area contributed by atoms with Crippen molar-refractivity contribution in [3.63, 3.8) is 0 Å². The molecule has 0 spiro atoms. The average molecular weight is 354 g/mol. The number of rotatable bonds is 7. The Morgan fingerprint density at radius 2 is 1.73 bits per heavy atom. The molecule has 4 nitrogen and oxygen atoms in total. The van der Waals surface area contributed by atoms with Gasteiger partial charge in [0.25, 0.3) is 0 Å². The number of methoxy groups -OCH3 is 1. The van der Waals surface area contributed by atoms with Gasteiger partial charge in [0.2, 0.25) is 0 Å². The summed E-state index contributed by atoms with van der Waals surface area (Å²) in [6.07, 6.45) is 3.54. The fraction of sp³-hybridized carbons (Fsp3) is 0.364. The number of carbonyl (C=O) groups excluding carboxylic acids is 2. The van der Waals surface area contributed by atoms with E-state index in [-0.39, 0.29) is 18.2 Å². The highest BCUT2D eigenvalue weighted by Gasteiger charge is 2.15. The summed E-state index contributed by atoms with van der Waals surface area (Å²) in [5, 5.41) is 0. The van der Waals surface area contributed by atoms with Gasteiger partial charge in [-0.15, -0.1) is 0 Å². The maximum atomic E-state index is 12.2. The molecule has 0 amide bonds. The molecule has 0 aliphatic carbocycles. The first-order valence-electron chi connectivity index (χ1n) is 8.83. The number of esters is 1. The molecule has 1 aromatic carbocycles. The van der Waals surface area contributed by atoms with Crippen molar-refractivity contribution >= 4 is 17.8 Å². The minimum atomic E-state index is -0.387. The van der Waals surface area contributed by atoms with Gasteiger partial charge in [-0.1, -0.05) is 39.8 Å². The van der Waals surface area contributed by atoms with Crippen LogP contribution < -0.4 is 0 Å². The number of hydrogen-bond donors (Lipinski definition) is 0. The van der Waals surface area contributed by atoms with Crippen molar-refractivity contribution < 1.29 is 18.7 Å². The van der Waals surface area contributed by atoms with Crippen LogP contribution in [-0.4, -0.2) is 18.9 Å². The van der Waals surface area contributed by atoms with Crippen LogP contribution in [0.2, 0.25) is 0 Å². The summed E-state index contributed by atoms with van der Waals surface area (Å²) in [6, 6.07) is 8.86. The normalized spacial score (nSPS) is 11.5. The van der Waals surface area contributed by atoms with Crippen LogP contribution in [0.5, 0.6) is 0 Å². The number of carbonyl (C=O) groups is 2. The van der Waals surface area contributed by atoms with Gasteiger partial charge in [-0.3, -0.25) is 4.79 Å². The maximum absolute atomic E-state index is 12.2. The van der Waals surface area contributed by atoms with Crippen molar-refractivity contribution in [3.8, 4) is 0 Å². The van der Waals surface area contributed by atoms with Crippen LogP contribution in [0.1, 0.15) is 72.5 Å². The molecule has 0 aliphatic heterocycles. The molecule has 4 heteroatoms. The van der Waals surface area contributed by atoms with Gasteiger partial charge in [-0.25, -0.2) is 4.79 Å². The standard InChI is InChI=1S/C22H26O4/c1-14(2)20-13-19(26-21(20)15(3)4)11-10-18(23)12-16-6-8-17(9-7-16)22(24)25-5/h6-11,13-15H,12H2,1-5H3/b11-10+. The van der Waals surface area contributed by atoms with Crippen LogP contribution in [0, 0.1) is 0 Å². The molecular weight excluding hydrogens is 328 g/mol. The number of benzene rings is 1. The summed E-state index contributed by atoms with van der Waals surface area (Å²) >= 11 is 0. The molecule has 0 N–H and O–H groups in total. The number of ether oxygens (including phenoxy) is 1. The molecule has 0 fully saturated rings. The Kier molecular flexibility index (Phi) is 6.56. The topological polar surface area (TPSA) is 56.5 Å². The number of ketones is 1. The van der Waals surface area contributed by atoms with E-state index in [2.05, 4.69) is 32.4 Å².